The summed E-state index contributed by atoms with van der Waals surface area (Å²) in [4.78, 5) is 15.6. The Morgan fingerprint density at radius 2 is 1.39 bits per heavy atom. The largest absolute Gasteiger partial charge is 0.544 e. The van der Waals surface area contributed by atoms with Crippen molar-refractivity contribution in [2.24, 2.45) is 10.7 Å². The standard InChI is InChI=1S/C28H51N3O2/c1-3-4-5-6-7-8-9-10-11-12-13-14-15-16-17-18-19-20-21-22-27-30-23-24-31(27,26(2)29)25-28(32)33/h12-13,23-24,26H,3-11,14-22,25,29H2,1-2H3/b13-12+. The van der Waals surface area contributed by atoms with Gasteiger partial charge in [0.2, 0.25) is 5.84 Å². The second kappa shape index (κ2) is 18.9. The van der Waals surface area contributed by atoms with Crippen LogP contribution in [0.15, 0.2) is 29.5 Å². The summed E-state index contributed by atoms with van der Waals surface area (Å²) in [6, 6.07) is 0. The second-order valence-electron chi connectivity index (χ2n) is 9.79. The molecular weight excluding hydrogens is 410 g/mol. The molecule has 1 aliphatic heterocycles. The third-order valence-corrected chi connectivity index (χ3v) is 6.82. The summed E-state index contributed by atoms with van der Waals surface area (Å²) in [5, 5.41) is 11.2. The lowest BCUT2D eigenvalue weighted by Gasteiger charge is -2.36. The number of unbranched alkanes of at least 4 members (excludes halogenated alkanes) is 15. The van der Waals surface area contributed by atoms with E-state index in [0.29, 0.717) is 0 Å². The number of aliphatic imine (C=N–C) groups is 1. The zero-order chi connectivity index (χ0) is 24.2. The first-order valence-corrected chi connectivity index (χ1v) is 13.8. The Balaban J connectivity index is 1.94. The van der Waals surface area contributed by atoms with Crippen LogP contribution in [0.5, 0.6) is 0 Å². The third kappa shape index (κ3) is 13.1. The Bertz CT molecular complexity index is 598. The van der Waals surface area contributed by atoms with Crippen molar-refractivity contribution in [2.45, 2.75) is 136 Å². The van der Waals surface area contributed by atoms with Gasteiger partial charge in [0.15, 0.2) is 0 Å². The number of nitrogens with zero attached hydrogens (tertiary/aromatic N) is 2. The molecule has 1 heterocycles. The van der Waals surface area contributed by atoms with E-state index < -0.39 is 5.97 Å². The maximum Gasteiger partial charge on any atom is 0.209 e. The van der Waals surface area contributed by atoms with Gasteiger partial charge in [0.25, 0.3) is 0 Å². The smallest absolute Gasteiger partial charge is 0.209 e. The van der Waals surface area contributed by atoms with Crippen molar-refractivity contribution in [3.05, 3.63) is 24.6 Å². The lowest BCUT2D eigenvalue weighted by Crippen LogP contribution is -2.60. The second-order valence-corrected chi connectivity index (χ2v) is 9.79. The Labute approximate surface area is 203 Å². The summed E-state index contributed by atoms with van der Waals surface area (Å²) < 4.78 is 0.106. The first-order valence-electron chi connectivity index (χ1n) is 13.8. The Hall–Kier alpha value is -1.46. The van der Waals surface area contributed by atoms with Crippen molar-refractivity contribution < 1.29 is 14.4 Å². The van der Waals surface area contributed by atoms with Gasteiger partial charge in [-0.25, -0.2) is 9.48 Å². The molecule has 0 saturated carbocycles. The molecule has 0 aromatic carbocycles. The summed E-state index contributed by atoms with van der Waals surface area (Å²) in [6.07, 6.45) is 31.0. The highest BCUT2D eigenvalue weighted by Crippen LogP contribution is 2.23. The molecule has 0 spiro atoms. The SMILES string of the molecule is CCCCCCCCCC/C=C/CCCCCCCCCC1=NC=C[N+]1(CC(=O)[O-])C(C)N. The van der Waals surface area contributed by atoms with E-state index in [2.05, 4.69) is 24.1 Å². The van der Waals surface area contributed by atoms with Gasteiger partial charge in [-0.05, 0) is 32.1 Å². The molecule has 1 rings (SSSR count). The lowest BCUT2D eigenvalue weighted by atomic mass is 10.1. The van der Waals surface area contributed by atoms with Crippen LogP contribution in [-0.4, -0.2) is 29.0 Å². The molecule has 0 amide bonds. The molecule has 190 valence electrons. The summed E-state index contributed by atoms with van der Waals surface area (Å²) in [6.45, 7) is 3.97. The maximum atomic E-state index is 11.2. The topological polar surface area (TPSA) is 78.5 Å². The number of amidine groups is 1. The number of aliphatic carboxylic acids is 1. The molecule has 33 heavy (non-hydrogen) atoms. The van der Waals surface area contributed by atoms with Crippen LogP contribution < -0.4 is 10.8 Å². The fourth-order valence-corrected chi connectivity index (χ4v) is 4.64. The molecule has 0 aromatic heterocycles. The van der Waals surface area contributed by atoms with Crippen LogP contribution in [0.25, 0.3) is 0 Å². The first kappa shape index (κ1) is 29.6. The lowest BCUT2D eigenvalue weighted by molar-refractivity contribution is -0.808. The maximum absolute atomic E-state index is 11.2. The molecule has 0 bridgehead atoms. The van der Waals surface area contributed by atoms with Crippen molar-refractivity contribution in [2.75, 3.05) is 6.54 Å². The fraction of sp³-hybridized carbons (Fsp3) is 0.786. The highest BCUT2D eigenvalue weighted by Gasteiger charge is 2.38. The third-order valence-electron chi connectivity index (χ3n) is 6.82. The van der Waals surface area contributed by atoms with Crippen molar-refractivity contribution in [3.8, 4) is 0 Å². The summed E-state index contributed by atoms with van der Waals surface area (Å²) in [5.74, 6) is -0.234. The predicted octanol–water partition coefficient (Wildman–Crippen LogP) is 6.34. The number of carboxylic acid groups (broad SMARTS) is 1. The zero-order valence-electron chi connectivity index (χ0n) is 21.6. The van der Waals surface area contributed by atoms with E-state index in [1.54, 1.807) is 12.4 Å². The number of hydrogen-bond donors (Lipinski definition) is 1. The number of carbonyl (C=O) groups is 1. The number of rotatable bonds is 22. The van der Waals surface area contributed by atoms with E-state index in [0.717, 1.165) is 25.1 Å². The molecule has 0 radical (unpaired) electrons. The van der Waals surface area contributed by atoms with Gasteiger partial charge in [-0.15, -0.1) is 0 Å². The quantitative estimate of drug-likeness (QED) is 0.116. The average Bonchev–Trinajstić information content (AvgIpc) is 3.18. The van der Waals surface area contributed by atoms with Crippen molar-refractivity contribution >= 4 is 11.8 Å². The summed E-state index contributed by atoms with van der Waals surface area (Å²) in [5.41, 5.74) is 6.09. The van der Waals surface area contributed by atoms with Crippen LogP contribution in [0.4, 0.5) is 0 Å². The highest BCUT2D eigenvalue weighted by molar-refractivity contribution is 5.81. The molecule has 0 fully saturated rings. The Kier molecular flexibility index (Phi) is 16.9. The molecule has 0 aliphatic carbocycles. The van der Waals surface area contributed by atoms with E-state index in [1.807, 2.05) is 6.92 Å². The van der Waals surface area contributed by atoms with Gasteiger partial charge in [0.1, 0.15) is 18.9 Å². The average molecular weight is 462 g/mol. The van der Waals surface area contributed by atoms with E-state index in [1.165, 1.54) is 96.3 Å². The van der Waals surface area contributed by atoms with Crippen LogP contribution in [-0.2, 0) is 4.79 Å². The van der Waals surface area contributed by atoms with Gasteiger partial charge in [-0.3, -0.25) is 5.73 Å². The minimum absolute atomic E-state index is 0.106. The Morgan fingerprint density at radius 3 is 1.88 bits per heavy atom. The van der Waals surface area contributed by atoms with E-state index in [-0.39, 0.29) is 17.2 Å². The number of quaternary nitrogens is 1. The van der Waals surface area contributed by atoms with Crippen LogP contribution in [0.1, 0.15) is 129 Å². The van der Waals surface area contributed by atoms with Crippen molar-refractivity contribution in [1.82, 2.24) is 0 Å². The number of carbonyl (C=O) groups excluding carboxylic acids is 1. The van der Waals surface area contributed by atoms with Gasteiger partial charge in [-0.1, -0.05) is 96.1 Å². The molecule has 1 aliphatic rings. The molecule has 2 N–H and O–H groups in total. The first-order chi connectivity index (χ1) is 16.0. The highest BCUT2D eigenvalue weighted by atomic mass is 16.4. The van der Waals surface area contributed by atoms with E-state index >= 15 is 0 Å². The minimum Gasteiger partial charge on any atom is -0.544 e. The monoisotopic (exact) mass is 461 g/mol. The molecule has 2 unspecified atom stereocenters. The zero-order valence-corrected chi connectivity index (χ0v) is 21.6. The molecule has 2 atom stereocenters. The summed E-state index contributed by atoms with van der Waals surface area (Å²) in [7, 11) is 0. The predicted molar refractivity (Wildman–Crippen MR) is 138 cm³/mol. The minimum atomic E-state index is -1.09. The van der Waals surface area contributed by atoms with Crippen molar-refractivity contribution in [1.29, 1.82) is 0 Å². The van der Waals surface area contributed by atoms with Gasteiger partial charge in [0, 0.05) is 13.3 Å². The normalized spacial score (nSPS) is 18.8. The van der Waals surface area contributed by atoms with Crippen molar-refractivity contribution in [3.63, 3.8) is 0 Å². The van der Waals surface area contributed by atoms with Crippen LogP contribution >= 0.6 is 0 Å². The van der Waals surface area contributed by atoms with Crippen LogP contribution in [0, 0.1) is 0 Å². The van der Waals surface area contributed by atoms with Crippen LogP contribution in [0.3, 0.4) is 0 Å². The summed E-state index contributed by atoms with van der Waals surface area (Å²) >= 11 is 0. The van der Waals surface area contributed by atoms with Gasteiger partial charge in [0.05, 0.1) is 12.2 Å². The molecule has 5 nitrogen and oxygen atoms in total. The van der Waals surface area contributed by atoms with E-state index in [4.69, 9.17) is 5.73 Å². The number of nitrogens with two attached hydrogens (primary N) is 1. The van der Waals surface area contributed by atoms with Gasteiger partial charge in [-0.2, -0.15) is 0 Å². The Morgan fingerprint density at radius 1 is 0.909 bits per heavy atom. The van der Waals surface area contributed by atoms with Gasteiger partial charge < -0.3 is 9.90 Å². The van der Waals surface area contributed by atoms with Crippen LogP contribution in [0.2, 0.25) is 0 Å². The molecular formula is C28H51N3O2. The van der Waals surface area contributed by atoms with E-state index in [9.17, 15) is 9.90 Å². The molecule has 5 heteroatoms. The number of hydrogen-bond acceptors (Lipinski definition) is 4. The number of allylic oxidation sites excluding steroid dienone is 2. The van der Waals surface area contributed by atoms with Gasteiger partial charge >= 0.3 is 0 Å². The molecule has 0 aromatic rings. The molecule has 0 saturated heterocycles. The fourth-order valence-electron chi connectivity index (χ4n) is 4.64. The number of carboxylic acids is 1.